The van der Waals surface area contributed by atoms with Crippen LogP contribution in [0.25, 0.3) is 0 Å². The van der Waals surface area contributed by atoms with E-state index in [-0.39, 0.29) is 36.4 Å². The summed E-state index contributed by atoms with van der Waals surface area (Å²) in [6.45, 7) is 1.36. The third-order valence-electron chi connectivity index (χ3n) is 7.92. The zero-order chi connectivity index (χ0) is 45.1. The van der Waals surface area contributed by atoms with E-state index in [2.05, 4.69) is 60.8 Å². The molecule has 1 atom stereocenters. The van der Waals surface area contributed by atoms with Crippen molar-refractivity contribution in [1.29, 1.82) is 0 Å². The lowest BCUT2D eigenvalue weighted by atomic mass is 9.86. The first-order valence-corrected chi connectivity index (χ1v) is 18.9. The van der Waals surface area contributed by atoms with E-state index in [9.17, 15) is 28.8 Å². The highest BCUT2D eigenvalue weighted by molar-refractivity contribution is 5.99. The SMILES string of the molecule is [2H]C([2H])([2H])C(=O)Oc1ccccc1C(=O)Oc1ccccc1C(=O)O[C@@H](C(=O)NCCC(=O)O)C(C)(C)COC(=O)C/C=C\C/C=C\C/C=C\C/C=C\C/C=C\C/C=C\CC. The number of para-hydroxylation sites is 2. The minimum absolute atomic E-state index is 0.0622. The molecule has 0 unspecified atom stereocenters. The number of esters is 4. The summed E-state index contributed by atoms with van der Waals surface area (Å²) in [5, 5.41) is 11.5. The Morgan fingerprint density at radius 3 is 1.71 bits per heavy atom. The van der Waals surface area contributed by atoms with Crippen LogP contribution in [0.3, 0.4) is 0 Å². The lowest BCUT2D eigenvalue weighted by molar-refractivity contribution is -0.153. The third kappa shape index (κ3) is 19.5. The van der Waals surface area contributed by atoms with Crippen LogP contribution in [0.1, 0.15) is 104 Å². The fourth-order valence-corrected chi connectivity index (χ4v) is 4.93. The maximum Gasteiger partial charge on any atom is 0.347 e. The molecule has 0 heterocycles. The van der Waals surface area contributed by atoms with Gasteiger partial charge in [0.15, 0.2) is 6.10 Å². The van der Waals surface area contributed by atoms with Gasteiger partial charge in [-0.3, -0.25) is 19.2 Å². The molecule has 0 saturated carbocycles. The van der Waals surface area contributed by atoms with Crippen molar-refractivity contribution in [3.05, 3.63) is 133 Å². The average molecular weight is 801 g/mol. The van der Waals surface area contributed by atoms with Crippen LogP contribution < -0.4 is 14.8 Å². The van der Waals surface area contributed by atoms with Crippen molar-refractivity contribution in [2.75, 3.05) is 13.2 Å². The molecular formula is C46H55NO11. The second kappa shape index (κ2) is 27.3. The summed E-state index contributed by atoms with van der Waals surface area (Å²) >= 11 is 0. The van der Waals surface area contributed by atoms with E-state index in [4.69, 9.17) is 28.2 Å². The van der Waals surface area contributed by atoms with Crippen LogP contribution in [0.2, 0.25) is 0 Å². The van der Waals surface area contributed by atoms with Crippen LogP contribution in [0.15, 0.2) is 121 Å². The number of carboxylic acids is 1. The molecule has 0 bridgehead atoms. The number of allylic oxidation sites excluding steroid dienone is 11. The number of nitrogens with one attached hydrogen (secondary N) is 1. The zero-order valence-corrected chi connectivity index (χ0v) is 33.2. The van der Waals surface area contributed by atoms with Crippen molar-refractivity contribution < 1.29 is 56.9 Å². The molecule has 0 fully saturated rings. The van der Waals surface area contributed by atoms with E-state index in [0.29, 0.717) is 6.42 Å². The number of carbonyl (C=O) groups excluding carboxylic acids is 5. The minimum atomic E-state index is -3.11. The number of aliphatic carboxylic acids is 1. The van der Waals surface area contributed by atoms with Crippen LogP contribution in [0.4, 0.5) is 0 Å². The second-order valence-corrected chi connectivity index (χ2v) is 13.3. The molecule has 310 valence electrons. The predicted molar refractivity (Wildman–Crippen MR) is 221 cm³/mol. The summed E-state index contributed by atoms with van der Waals surface area (Å²) in [4.78, 5) is 76.0. The molecule has 0 spiro atoms. The Morgan fingerprint density at radius 1 is 0.707 bits per heavy atom. The first kappa shape index (κ1) is 42.8. The second-order valence-electron chi connectivity index (χ2n) is 13.3. The van der Waals surface area contributed by atoms with Crippen LogP contribution >= 0.6 is 0 Å². The summed E-state index contributed by atoms with van der Waals surface area (Å²) < 4.78 is 43.2. The highest BCUT2D eigenvalue weighted by atomic mass is 16.6. The zero-order valence-electron chi connectivity index (χ0n) is 36.2. The molecular weight excluding hydrogens is 743 g/mol. The summed E-state index contributed by atoms with van der Waals surface area (Å²) in [7, 11) is 0. The van der Waals surface area contributed by atoms with Gasteiger partial charge in [0.05, 0.1) is 12.8 Å². The summed E-state index contributed by atoms with van der Waals surface area (Å²) in [5.74, 6) is -7.19. The smallest absolute Gasteiger partial charge is 0.347 e. The van der Waals surface area contributed by atoms with Gasteiger partial charge in [0.25, 0.3) is 5.91 Å². The van der Waals surface area contributed by atoms with Gasteiger partial charge >= 0.3 is 29.8 Å². The van der Waals surface area contributed by atoms with E-state index >= 15 is 0 Å². The average Bonchev–Trinajstić information content (AvgIpc) is 3.21. The highest BCUT2D eigenvalue weighted by Crippen LogP contribution is 2.29. The molecule has 1 amide bonds. The van der Waals surface area contributed by atoms with Crippen molar-refractivity contribution in [3.63, 3.8) is 0 Å². The number of carbonyl (C=O) groups is 6. The molecule has 2 N–H and O–H groups in total. The molecule has 12 heteroatoms. The van der Waals surface area contributed by atoms with E-state index in [1.54, 1.807) is 6.08 Å². The Labute approximate surface area is 345 Å². The topological polar surface area (TPSA) is 172 Å². The van der Waals surface area contributed by atoms with E-state index in [1.807, 2.05) is 18.2 Å². The van der Waals surface area contributed by atoms with Gasteiger partial charge in [0, 0.05) is 22.9 Å². The van der Waals surface area contributed by atoms with E-state index in [0.717, 1.165) is 32.1 Å². The molecule has 12 nitrogen and oxygen atoms in total. The number of amides is 1. The third-order valence-corrected chi connectivity index (χ3v) is 7.92. The molecule has 2 aromatic carbocycles. The molecule has 58 heavy (non-hydrogen) atoms. The molecule has 2 aromatic rings. The molecule has 2 rings (SSSR count). The standard InChI is InChI=1S/C46H55NO11/c1-5-6-7-8-9-10-11-12-13-14-15-16-17-18-19-20-21-22-31-41(51)55-34-46(3,4)42(43(52)47-33-32-40(49)50)58-45(54)37-28-24-26-30-39(37)57-44(53)36-27-23-25-29-38(36)56-35(2)48/h6-7,9-10,12-13,15-16,18-19,21-30,42H,5,8,11,14,17,20,31-34H2,1-4H3,(H,47,52)(H,49,50)/b7-6-,10-9-,13-12-,16-15-,19-18-,22-21-/t42-/m0/s1/i2D3. The van der Waals surface area contributed by atoms with Gasteiger partial charge in [0.2, 0.25) is 0 Å². The lowest BCUT2D eigenvalue weighted by Crippen LogP contribution is -2.49. The van der Waals surface area contributed by atoms with Crippen molar-refractivity contribution in [2.24, 2.45) is 5.41 Å². The van der Waals surface area contributed by atoms with Crippen molar-refractivity contribution in [3.8, 4) is 11.5 Å². The Kier molecular flexibility index (Phi) is 20.2. The van der Waals surface area contributed by atoms with Gasteiger partial charge in [0.1, 0.15) is 29.2 Å². The summed E-state index contributed by atoms with van der Waals surface area (Å²) in [5.41, 5.74) is -1.98. The van der Waals surface area contributed by atoms with Crippen LogP contribution in [0, 0.1) is 5.41 Å². The van der Waals surface area contributed by atoms with Gasteiger partial charge in [-0.05, 0) is 62.8 Å². The Hall–Kier alpha value is -6.30. The number of rotatable bonds is 25. The summed E-state index contributed by atoms with van der Waals surface area (Å²) in [6.07, 6.45) is 27.6. The maximum absolute atomic E-state index is 13.6. The summed E-state index contributed by atoms with van der Waals surface area (Å²) in [6, 6.07) is 10.6. The van der Waals surface area contributed by atoms with Crippen molar-refractivity contribution >= 4 is 35.8 Å². The number of hydrogen-bond acceptors (Lipinski definition) is 10. The lowest BCUT2D eigenvalue weighted by Gasteiger charge is -2.32. The van der Waals surface area contributed by atoms with Gasteiger partial charge < -0.3 is 29.4 Å². The normalized spacial score (nSPS) is 13.5. The number of carboxylic acid groups (broad SMARTS) is 1. The monoisotopic (exact) mass is 800 g/mol. The molecule has 0 aliphatic carbocycles. The Morgan fingerprint density at radius 2 is 1.19 bits per heavy atom. The predicted octanol–water partition coefficient (Wildman–Crippen LogP) is 8.60. The van der Waals surface area contributed by atoms with Gasteiger partial charge in [-0.15, -0.1) is 0 Å². The fraction of sp³-hybridized carbons (Fsp3) is 0.348. The van der Waals surface area contributed by atoms with Gasteiger partial charge in [-0.2, -0.15) is 0 Å². The maximum atomic E-state index is 13.6. The number of hydrogen-bond donors (Lipinski definition) is 2. The number of ether oxygens (including phenoxy) is 4. The number of benzene rings is 2. The molecule has 0 saturated heterocycles. The van der Waals surface area contributed by atoms with Crippen molar-refractivity contribution in [2.45, 2.75) is 85.1 Å². The molecule has 0 aliphatic rings. The Balaban J connectivity index is 2.02. The molecule has 0 aliphatic heterocycles. The largest absolute Gasteiger partial charge is 0.481 e. The minimum Gasteiger partial charge on any atom is -0.481 e. The first-order valence-electron chi connectivity index (χ1n) is 20.4. The van der Waals surface area contributed by atoms with E-state index in [1.165, 1.54) is 62.4 Å². The van der Waals surface area contributed by atoms with Crippen LogP contribution in [0.5, 0.6) is 11.5 Å². The van der Waals surface area contributed by atoms with Gasteiger partial charge in [-0.1, -0.05) is 118 Å². The van der Waals surface area contributed by atoms with Gasteiger partial charge in [-0.25, -0.2) is 9.59 Å². The highest BCUT2D eigenvalue weighted by Gasteiger charge is 2.40. The quantitative estimate of drug-likeness (QED) is 0.0560. The fourth-order valence-electron chi connectivity index (χ4n) is 4.93. The first-order chi connectivity index (χ1) is 29.1. The Bertz CT molecular complexity index is 1960. The van der Waals surface area contributed by atoms with Crippen LogP contribution in [-0.4, -0.2) is 60.1 Å². The van der Waals surface area contributed by atoms with Crippen molar-refractivity contribution in [1.82, 2.24) is 5.32 Å². The molecule has 0 aromatic heterocycles. The van der Waals surface area contributed by atoms with Crippen LogP contribution in [-0.2, 0) is 28.7 Å². The molecule has 0 radical (unpaired) electrons. The van der Waals surface area contributed by atoms with E-state index < -0.39 is 66.3 Å².